The standard InChI is InChI=1S/C13H26N2O3S/c1-3-14-8-9-18-12-13(10-14)6-5-7-15(11-13)19(16,17)4-2/h3-12H2,1-2H3/t13-/m0/s1. The number of hydrogen-bond acceptors (Lipinski definition) is 4. The highest BCUT2D eigenvalue weighted by Crippen LogP contribution is 2.34. The molecule has 2 aliphatic rings. The maximum absolute atomic E-state index is 12.1. The van der Waals surface area contributed by atoms with Crippen molar-refractivity contribution < 1.29 is 13.2 Å². The maximum Gasteiger partial charge on any atom is 0.213 e. The molecule has 1 spiro atoms. The van der Waals surface area contributed by atoms with Crippen LogP contribution in [0.3, 0.4) is 0 Å². The fourth-order valence-corrected chi connectivity index (χ4v) is 4.42. The molecule has 0 amide bonds. The van der Waals surface area contributed by atoms with Gasteiger partial charge in [-0.15, -0.1) is 0 Å². The highest BCUT2D eigenvalue weighted by Gasteiger charge is 2.41. The lowest BCUT2D eigenvalue weighted by molar-refractivity contribution is 0.0290. The summed E-state index contributed by atoms with van der Waals surface area (Å²) >= 11 is 0. The Morgan fingerprint density at radius 3 is 2.68 bits per heavy atom. The van der Waals surface area contributed by atoms with Crippen molar-refractivity contribution in [3.05, 3.63) is 0 Å². The number of ether oxygens (including phenoxy) is 1. The Hall–Kier alpha value is -0.170. The van der Waals surface area contributed by atoms with Crippen LogP contribution in [-0.4, -0.2) is 69.3 Å². The molecule has 0 radical (unpaired) electrons. The Kier molecular flexibility index (Phi) is 4.87. The largest absolute Gasteiger partial charge is 0.379 e. The zero-order valence-electron chi connectivity index (χ0n) is 12.1. The number of piperidine rings is 1. The highest BCUT2D eigenvalue weighted by atomic mass is 32.2. The summed E-state index contributed by atoms with van der Waals surface area (Å²) in [5.74, 6) is 0.196. The molecule has 0 unspecified atom stereocenters. The molecule has 2 fully saturated rings. The topological polar surface area (TPSA) is 49.9 Å². The van der Waals surface area contributed by atoms with Gasteiger partial charge in [-0.25, -0.2) is 12.7 Å². The van der Waals surface area contributed by atoms with Gasteiger partial charge >= 0.3 is 0 Å². The van der Waals surface area contributed by atoms with E-state index in [0.29, 0.717) is 19.7 Å². The van der Waals surface area contributed by atoms with E-state index in [-0.39, 0.29) is 11.2 Å². The Morgan fingerprint density at radius 1 is 1.21 bits per heavy atom. The van der Waals surface area contributed by atoms with E-state index in [2.05, 4.69) is 11.8 Å². The number of nitrogens with zero attached hydrogens (tertiary/aromatic N) is 2. The molecule has 5 nitrogen and oxygen atoms in total. The number of likely N-dealkylation sites (N-methyl/N-ethyl adjacent to an activating group) is 1. The molecule has 0 bridgehead atoms. The Balaban J connectivity index is 2.13. The van der Waals surface area contributed by atoms with Crippen LogP contribution in [-0.2, 0) is 14.8 Å². The molecule has 0 saturated carbocycles. The fourth-order valence-electron chi connectivity index (χ4n) is 3.18. The van der Waals surface area contributed by atoms with E-state index >= 15 is 0 Å². The monoisotopic (exact) mass is 290 g/mol. The van der Waals surface area contributed by atoms with Crippen LogP contribution >= 0.6 is 0 Å². The Labute approximate surface area is 117 Å². The molecule has 112 valence electrons. The van der Waals surface area contributed by atoms with Gasteiger partial charge in [-0.3, -0.25) is 0 Å². The van der Waals surface area contributed by atoms with Gasteiger partial charge in [0.2, 0.25) is 10.0 Å². The predicted octanol–water partition coefficient (Wildman–Crippen LogP) is 0.770. The molecule has 6 heteroatoms. The van der Waals surface area contributed by atoms with Crippen LogP contribution in [0, 0.1) is 5.41 Å². The lowest BCUT2D eigenvalue weighted by Gasteiger charge is -2.42. The molecule has 0 aromatic heterocycles. The predicted molar refractivity (Wildman–Crippen MR) is 75.6 cm³/mol. The van der Waals surface area contributed by atoms with Gasteiger partial charge in [-0.2, -0.15) is 0 Å². The third-order valence-electron chi connectivity index (χ3n) is 4.35. The minimum absolute atomic E-state index is 0.00694. The first-order valence-electron chi connectivity index (χ1n) is 7.29. The minimum Gasteiger partial charge on any atom is -0.379 e. The van der Waals surface area contributed by atoms with Gasteiger partial charge in [-0.1, -0.05) is 6.92 Å². The summed E-state index contributed by atoms with van der Waals surface area (Å²) in [4.78, 5) is 2.38. The molecular weight excluding hydrogens is 264 g/mol. The van der Waals surface area contributed by atoms with Crippen LogP contribution in [0.15, 0.2) is 0 Å². The third-order valence-corrected chi connectivity index (χ3v) is 6.18. The lowest BCUT2D eigenvalue weighted by Crippen LogP contribution is -2.52. The first-order chi connectivity index (χ1) is 9.01. The number of rotatable bonds is 3. The summed E-state index contributed by atoms with van der Waals surface area (Å²) < 4.78 is 31.6. The molecule has 2 heterocycles. The molecule has 0 aliphatic carbocycles. The molecular formula is C13H26N2O3S. The normalized spacial score (nSPS) is 31.5. The molecule has 2 aliphatic heterocycles. The van der Waals surface area contributed by atoms with E-state index in [1.807, 2.05) is 0 Å². The van der Waals surface area contributed by atoms with Crippen molar-refractivity contribution in [2.75, 3.05) is 51.7 Å². The first-order valence-corrected chi connectivity index (χ1v) is 8.90. The average Bonchev–Trinajstić information content (AvgIpc) is 2.61. The van der Waals surface area contributed by atoms with Crippen molar-refractivity contribution in [1.82, 2.24) is 9.21 Å². The molecule has 2 saturated heterocycles. The van der Waals surface area contributed by atoms with Gasteiger partial charge in [0.1, 0.15) is 0 Å². The fraction of sp³-hybridized carbons (Fsp3) is 1.00. The molecule has 2 rings (SSSR count). The maximum atomic E-state index is 12.1. The summed E-state index contributed by atoms with van der Waals surface area (Å²) in [5, 5.41) is 0. The van der Waals surface area contributed by atoms with E-state index in [1.165, 1.54) is 0 Å². The third kappa shape index (κ3) is 3.48. The van der Waals surface area contributed by atoms with E-state index in [9.17, 15) is 8.42 Å². The highest BCUT2D eigenvalue weighted by molar-refractivity contribution is 7.89. The second-order valence-electron chi connectivity index (χ2n) is 5.76. The zero-order chi connectivity index (χ0) is 13.9. The Bertz CT molecular complexity index is 399. The van der Waals surface area contributed by atoms with Gasteiger partial charge in [0, 0.05) is 31.6 Å². The van der Waals surface area contributed by atoms with Crippen molar-refractivity contribution in [3.8, 4) is 0 Å². The smallest absolute Gasteiger partial charge is 0.213 e. The van der Waals surface area contributed by atoms with Gasteiger partial charge < -0.3 is 9.64 Å². The van der Waals surface area contributed by atoms with E-state index in [0.717, 1.165) is 39.1 Å². The van der Waals surface area contributed by atoms with E-state index < -0.39 is 10.0 Å². The van der Waals surface area contributed by atoms with E-state index in [1.54, 1.807) is 11.2 Å². The Morgan fingerprint density at radius 2 is 2.00 bits per heavy atom. The van der Waals surface area contributed by atoms with Crippen molar-refractivity contribution in [3.63, 3.8) is 0 Å². The summed E-state index contributed by atoms with van der Waals surface area (Å²) in [6.45, 7) is 9.55. The van der Waals surface area contributed by atoms with Crippen LogP contribution in [0.5, 0.6) is 0 Å². The van der Waals surface area contributed by atoms with Crippen LogP contribution in [0.2, 0.25) is 0 Å². The average molecular weight is 290 g/mol. The second kappa shape index (κ2) is 6.08. The number of hydrogen-bond donors (Lipinski definition) is 0. The van der Waals surface area contributed by atoms with Crippen LogP contribution in [0.1, 0.15) is 26.7 Å². The van der Waals surface area contributed by atoms with Gasteiger partial charge in [0.15, 0.2) is 0 Å². The summed E-state index contributed by atoms with van der Waals surface area (Å²) in [6, 6.07) is 0. The van der Waals surface area contributed by atoms with Crippen molar-refractivity contribution in [2.45, 2.75) is 26.7 Å². The SMILES string of the molecule is CCN1CCOC[C@@]2(CCCN(S(=O)(=O)CC)C2)C1. The molecule has 1 atom stereocenters. The van der Waals surface area contributed by atoms with Crippen LogP contribution < -0.4 is 0 Å². The molecule has 0 aromatic carbocycles. The van der Waals surface area contributed by atoms with Gasteiger partial charge in [0.05, 0.1) is 19.0 Å². The van der Waals surface area contributed by atoms with E-state index in [4.69, 9.17) is 4.74 Å². The van der Waals surface area contributed by atoms with Gasteiger partial charge in [0.25, 0.3) is 0 Å². The van der Waals surface area contributed by atoms with Crippen LogP contribution in [0.4, 0.5) is 0 Å². The molecule has 0 aromatic rings. The summed E-state index contributed by atoms with van der Waals surface area (Å²) in [5.41, 5.74) is -0.00694. The summed E-state index contributed by atoms with van der Waals surface area (Å²) in [6.07, 6.45) is 2.01. The van der Waals surface area contributed by atoms with Gasteiger partial charge in [-0.05, 0) is 26.3 Å². The quantitative estimate of drug-likeness (QED) is 0.770. The van der Waals surface area contributed by atoms with Crippen molar-refractivity contribution in [2.24, 2.45) is 5.41 Å². The second-order valence-corrected chi connectivity index (χ2v) is 8.02. The first kappa shape index (κ1) is 15.2. The summed E-state index contributed by atoms with van der Waals surface area (Å²) in [7, 11) is -3.07. The van der Waals surface area contributed by atoms with Crippen molar-refractivity contribution >= 4 is 10.0 Å². The van der Waals surface area contributed by atoms with Crippen molar-refractivity contribution in [1.29, 1.82) is 0 Å². The molecule has 19 heavy (non-hydrogen) atoms. The van der Waals surface area contributed by atoms with Crippen LogP contribution in [0.25, 0.3) is 0 Å². The zero-order valence-corrected chi connectivity index (χ0v) is 12.9. The molecule has 0 N–H and O–H groups in total. The number of sulfonamides is 1. The lowest BCUT2D eigenvalue weighted by atomic mass is 9.81. The minimum atomic E-state index is -3.07.